The van der Waals surface area contributed by atoms with E-state index in [1.807, 2.05) is 25.1 Å². The molecule has 0 spiro atoms. The first-order valence-corrected chi connectivity index (χ1v) is 4.62. The van der Waals surface area contributed by atoms with Crippen LogP contribution in [0.1, 0.15) is 15.9 Å². The lowest BCUT2D eigenvalue weighted by atomic mass is 10.0. The van der Waals surface area contributed by atoms with Gasteiger partial charge in [-0.1, -0.05) is 23.8 Å². The lowest BCUT2D eigenvalue weighted by molar-refractivity contribution is 0.0698. The van der Waals surface area contributed by atoms with Gasteiger partial charge in [0, 0.05) is 5.39 Å². The van der Waals surface area contributed by atoms with Gasteiger partial charge in [0.1, 0.15) is 0 Å². The van der Waals surface area contributed by atoms with Crippen molar-refractivity contribution in [2.75, 3.05) is 5.73 Å². The van der Waals surface area contributed by atoms with Crippen LogP contribution >= 0.6 is 0 Å². The number of hydrogen-bond donors (Lipinski definition) is 2. The number of hydrogen-bond acceptors (Lipinski definition) is 2. The molecule has 0 bridgehead atoms. The fraction of sp³-hybridized carbons (Fsp3) is 0.0833. The minimum Gasteiger partial charge on any atom is -0.478 e. The van der Waals surface area contributed by atoms with E-state index in [0.29, 0.717) is 5.69 Å². The molecule has 0 atom stereocenters. The summed E-state index contributed by atoms with van der Waals surface area (Å²) in [4.78, 5) is 10.9. The van der Waals surface area contributed by atoms with Gasteiger partial charge in [-0.15, -0.1) is 0 Å². The molecule has 0 aliphatic rings. The van der Waals surface area contributed by atoms with Gasteiger partial charge in [0.15, 0.2) is 0 Å². The number of benzene rings is 2. The van der Waals surface area contributed by atoms with E-state index in [9.17, 15) is 4.79 Å². The Balaban J connectivity index is 2.82. The second-order valence-corrected chi connectivity index (χ2v) is 3.56. The van der Waals surface area contributed by atoms with E-state index in [1.54, 1.807) is 6.07 Å². The summed E-state index contributed by atoms with van der Waals surface area (Å²) in [6.45, 7) is 1.95. The lowest BCUT2D eigenvalue weighted by Crippen LogP contribution is -2.02. The Labute approximate surface area is 87.1 Å². The quantitative estimate of drug-likeness (QED) is 0.696. The normalized spacial score (nSPS) is 10.5. The third-order valence-corrected chi connectivity index (χ3v) is 2.45. The predicted molar refractivity (Wildman–Crippen MR) is 60.1 cm³/mol. The third-order valence-electron chi connectivity index (χ3n) is 2.45. The van der Waals surface area contributed by atoms with Crippen molar-refractivity contribution >= 4 is 22.4 Å². The third kappa shape index (κ3) is 1.52. The molecule has 0 aliphatic carbocycles. The maximum atomic E-state index is 10.9. The van der Waals surface area contributed by atoms with E-state index in [2.05, 4.69) is 0 Å². The smallest absolute Gasteiger partial charge is 0.337 e. The van der Waals surface area contributed by atoms with Crippen molar-refractivity contribution in [1.82, 2.24) is 0 Å². The van der Waals surface area contributed by atoms with Crippen LogP contribution in [0.15, 0.2) is 30.3 Å². The minimum absolute atomic E-state index is 0.160. The molecule has 0 heterocycles. The highest BCUT2D eigenvalue weighted by Gasteiger charge is 2.10. The van der Waals surface area contributed by atoms with Crippen molar-refractivity contribution in [1.29, 1.82) is 0 Å². The van der Waals surface area contributed by atoms with E-state index in [0.717, 1.165) is 16.3 Å². The van der Waals surface area contributed by atoms with Crippen LogP contribution in [0.4, 0.5) is 5.69 Å². The molecule has 0 aliphatic heterocycles. The van der Waals surface area contributed by atoms with Crippen molar-refractivity contribution in [3.8, 4) is 0 Å². The Bertz CT molecular complexity index is 547. The van der Waals surface area contributed by atoms with Gasteiger partial charge in [0.05, 0.1) is 11.3 Å². The van der Waals surface area contributed by atoms with E-state index < -0.39 is 5.97 Å². The number of carboxylic acids is 1. The maximum Gasteiger partial charge on any atom is 0.337 e. The maximum absolute atomic E-state index is 10.9. The molecule has 0 saturated heterocycles. The van der Waals surface area contributed by atoms with Gasteiger partial charge >= 0.3 is 5.97 Å². The van der Waals surface area contributed by atoms with Crippen LogP contribution in [0.25, 0.3) is 10.8 Å². The summed E-state index contributed by atoms with van der Waals surface area (Å²) < 4.78 is 0. The zero-order chi connectivity index (χ0) is 11.0. The number of rotatable bonds is 1. The van der Waals surface area contributed by atoms with Gasteiger partial charge in [-0.05, 0) is 24.4 Å². The molecular weight excluding hydrogens is 190 g/mol. The van der Waals surface area contributed by atoms with Crippen LogP contribution in [0.5, 0.6) is 0 Å². The van der Waals surface area contributed by atoms with Gasteiger partial charge in [0.2, 0.25) is 0 Å². The molecule has 2 aromatic carbocycles. The summed E-state index contributed by atoms with van der Waals surface area (Å²) >= 11 is 0. The zero-order valence-electron chi connectivity index (χ0n) is 8.32. The largest absolute Gasteiger partial charge is 0.478 e. The molecule has 0 aromatic heterocycles. The van der Waals surface area contributed by atoms with Gasteiger partial charge in [-0.25, -0.2) is 4.79 Å². The summed E-state index contributed by atoms with van der Waals surface area (Å²) in [5.74, 6) is -0.990. The van der Waals surface area contributed by atoms with Crippen molar-refractivity contribution in [2.45, 2.75) is 6.92 Å². The second-order valence-electron chi connectivity index (χ2n) is 3.56. The summed E-state index contributed by atoms with van der Waals surface area (Å²) in [7, 11) is 0. The highest BCUT2D eigenvalue weighted by Crippen LogP contribution is 2.25. The van der Waals surface area contributed by atoms with Crippen LogP contribution in [0.3, 0.4) is 0 Å². The van der Waals surface area contributed by atoms with Gasteiger partial charge in [0.25, 0.3) is 0 Å². The van der Waals surface area contributed by atoms with Crippen molar-refractivity contribution < 1.29 is 9.90 Å². The molecule has 0 fully saturated rings. The average molecular weight is 201 g/mol. The average Bonchev–Trinajstić information content (AvgIpc) is 2.19. The molecule has 2 aromatic rings. The highest BCUT2D eigenvalue weighted by atomic mass is 16.4. The van der Waals surface area contributed by atoms with Crippen molar-refractivity contribution in [2.24, 2.45) is 0 Å². The lowest BCUT2D eigenvalue weighted by Gasteiger charge is -2.06. The van der Waals surface area contributed by atoms with E-state index in [4.69, 9.17) is 10.8 Å². The van der Waals surface area contributed by atoms with Crippen LogP contribution in [-0.4, -0.2) is 11.1 Å². The predicted octanol–water partition coefficient (Wildman–Crippen LogP) is 2.43. The molecule has 0 unspecified atom stereocenters. The summed E-state index contributed by atoms with van der Waals surface area (Å²) in [6, 6.07) is 9.12. The fourth-order valence-corrected chi connectivity index (χ4v) is 1.64. The van der Waals surface area contributed by atoms with Gasteiger partial charge in [-0.2, -0.15) is 0 Å². The van der Waals surface area contributed by atoms with Gasteiger partial charge < -0.3 is 10.8 Å². The van der Waals surface area contributed by atoms with Crippen LogP contribution in [0.2, 0.25) is 0 Å². The molecule has 3 N–H and O–H groups in total. The van der Waals surface area contributed by atoms with Crippen LogP contribution in [0, 0.1) is 6.92 Å². The molecule has 3 nitrogen and oxygen atoms in total. The molecule has 3 heteroatoms. The SMILES string of the molecule is Cc1ccc2ccc(C(=O)O)c(N)c2c1. The Morgan fingerprint density at radius 2 is 1.93 bits per heavy atom. The second kappa shape index (κ2) is 3.28. The molecule has 0 amide bonds. The van der Waals surface area contributed by atoms with Crippen molar-refractivity contribution in [3.05, 3.63) is 41.5 Å². The number of aryl methyl sites for hydroxylation is 1. The number of nitrogen functional groups attached to an aromatic ring is 1. The molecule has 0 saturated carbocycles. The van der Waals surface area contributed by atoms with Crippen molar-refractivity contribution in [3.63, 3.8) is 0 Å². The minimum atomic E-state index is -0.990. The summed E-state index contributed by atoms with van der Waals surface area (Å²) in [6.07, 6.45) is 0. The molecule has 0 radical (unpaired) electrons. The first-order chi connectivity index (χ1) is 7.09. The Morgan fingerprint density at radius 1 is 1.27 bits per heavy atom. The van der Waals surface area contributed by atoms with Crippen LogP contribution < -0.4 is 5.73 Å². The fourth-order valence-electron chi connectivity index (χ4n) is 1.64. The number of carbonyl (C=O) groups is 1. The number of nitrogens with two attached hydrogens (primary N) is 1. The molecular formula is C12H11NO2. The Hall–Kier alpha value is -2.03. The van der Waals surface area contributed by atoms with E-state index >= 15 is 0 Å². The van der Waals surface area contributed by atoms with Crippen LogP contribution in [-0.2, 0) is 0 Å². The summed E-state index contributed by atoms with van der Waals surface area (Å²) in [5.41, 5.74) is 7.37. The zero-order valence-corrected chi connectivity index (χ0v) is 8.32. The monoisotopic (exact) mass is 201 g/mol. The van der Waals surface area contributed by atoms with E-state index in [1.165, 1.54) is 6.07 Å². The molecule has 76 valence electrons. The number of anilines is 1. The van der Waals surface area contributed by atoms with Gasteiger partial charge in [-0.3, -0.25) is 0 Å². The Kier molecular flexibility index (Phi) is 2.08. The first-order valence-electron chi connectivity index (χ1n) is 4.62. The highest BCUT2D eigenvalue weighted by molar-refractivity contribution is 6.05. The molecule has 15 heavy (non-hydrogen) atoms. The standard InChI is InChI=1S/C12H11NO2/c1-7-2-3-8-4-5-9(12(14)15)11(13)10(8)6-7/h2-6H,13H2,1H3,(H,14,15). The number of carboxylic acid groups (broad SMARTS) is 1. The summed E-state index contributed by atoms with van der Waals surface area (Å²) in [5, 5.41) is 10.7. The molecule has 2 rings (SSSR count). The number of aromatic carboxylic acids is 1. The first kappa shape index (κ1) is 9.52. The topological polar surface area (TPSA) is 63.3 Å². The Morgan fingerprint density at radius 3 is 2.60 bits per heavy atom. The van der Waals surface area contributed by atoms with E-state index in [-0.39, 0.29) is 5.56 Å². The number of fused-ring (bicyclic) bond motifs is 1.